The van der Waals surface area contributed by atoms with Crippen LogP contribution in [0.1, 0.15) is 16.7 Å². The quantitative estimate of drug-likeness (QED) is 0.112. The molecule has 1 aromatic heterocycles. The highest BCUT2D eigenvalue weighted by Crippen LogP contribution is 2.44. The zero-order chi connectivity index (χ0) is 37.3. The van der Waals surface area contributed by atoms with Crippen molar-refractivity contribution in [2.45, 2.75) is 0 Å². The predicted octanol–water partition coefficient (Wildman–Crippen LogP) is 14.5. The fourth-order valence-corrected chi connectivity index (χ4v) is 6.86. The first-order chi connectivity index (χ1) is 26.6. The molecule has 7 rings (SSSR count). The number of benzene rings is 6. The average Bonchev–Trinajstić information content (AvgIpc) is 3.59. The molecule has 0 aliphatic carbocycles. The van der Waals surface area contributed by atoms with E-state index in [1.54, 1.807) is 6.08 Å². The summed E-state index contributed by atoms with van der Waals surface area (Å²) < 4.78 is 6.69. The number of hydrogen-bond acceptors (Lipinski definition) is 2. The third kappa shape index (κ3) is 7.27. The minimum atomic E-state index is 0.859. The maximum Gasteiger partial charge on any atom is 0.143 e. The zero-order valence-electron chi connectivity index (χ0n) is 30.2. The van der Waals surface area contributed by atoms with Crippen molar-refractivity contribution in [3.05, 3.63) is 243 Å². The Kier molecular flexibility index (Phi) is 10.7. The lowest BCUT2D eigenvalue weighted by atomic mass is 9.93. The summed E-state index contributed by atoms with van der Waals surface area (Å²) in [5.41, 5.74) is 10.9. The van der Waals surface area contributed by atoms with Gasteiger partial charge in [-0.25, -0.2) is 0 Å². The van der Waals surface area contributed by atoms with Crippen LogP contribution < -0.4 is 4.90 Å². The normalized spacial score (nSPS) is 12.6. The summed E-state index contributed by atoms with van der Waals surface area (Å²) in [6.45, 7) is 16.3. The van der Waals surface area contributed by atoms with Crippen molar-refractivity contribution >= 4 is 55.6 Å². The van der Waals surface area contributed by atoms with Gasteiger partial charge in [-0.1, -0.05) is 178 Å². The van der Waals surface area contributed by atoms with E-state index in [1.807, 2.05) is 54.6 Å². The SMILES string of the molecule is C=C/C=C(\C=C)c1cccc(/C(C=C)=C/C=C/N(/C(C=C)=C/C=C/c2ccccc2)c2ccccc2-c2c3ccccc3cc3c2oc2ccccc23)c1. The fraction of sp³-hybridized carbons (Fsp3) is 0. The molecule has 0 bridgehead atoms. The van der Waals surface area contributed by atoms with Crippen LogP contribution in [0.3, 0.4) is 0 Å². The first-order valence-corrected chi connectivity index (χ1v) is 18.0. The molecule has 0 spiro atoms. The molecule has 0 unspecified atom stereocenters. The first-order valence-electron chi connectivity index (χ1n) is 18.0. The lowest BCUT2D eigenvalue weighted by molar-refractivity contribution is 0.670. The standard InChI is InChI=1S/C52H41NO/c1-5-21-39(6-2)41-26-19-27-42(36-41)40(7-3)28-20-35-53(44(8-4)29-18-24-38-22-10-9-11-23-38)49-33-16-14-32-47(49)51-45-30-13-12-25-43(45)37-48-46-31-15-17-34-50(46)54-52(48)51/h5-37H,1-4H2/b24-18+,35-20+,39-21+,40-28+,44-29+. The molecule has 0 aliphatic rings. The number of fused-ring (bicyclic) bond motifs is 4. The van der Waals surface area contributed by atoms with Crippen LogP contribution in [0, 0.1) is 0 Å². The van der Waals surface area contributed by atoms with E-state index < -0.39 is 0 Å². The van der Waals surface area contributed by atoms with Crippen LogP contribution >= 0.6 is 0 Å². The van der Waals surface area contributed by atoms with E-state index in [-0.39, 0.29) is 0 Å². The van der Waals surface area contributed by atoms with Crippen molar-refractivity contribution in [3.63, 3.8) is 0 Å². The molecule has 0 radical (unpaired) electrons. The van der Waals surface area contributed by atoms with Crippen molar-refractivity contribution in [2.75, 3.05) is 4.90 Å². The number of allylic oxidation sites excluding steroid dienone is 11. The lowest BCUT2D eigenvalue weighted by Crippen LogP contribution is -2.15. The Morgan fingerprint density at radius 2 is 1.24 bits per heavy atom. The summed E-state index contributed by atoms with van der Waals surface area (Å²) >= 11 is 0. The largest absolute Gasteiger partial charge is 0.455 e. The Hall–Kier alpha value is -7.16. The number of rotatable bonds is 13. The topological polar surface area (TPSA) is 16.4 Å². The molecular formula is C52H41NO. The van der Waals surface area contributed by atoms with Crippen molar-refractivity contribution < 1.29 is 4.42 Å². The van der Waals surface area contributed by atoms with E-state index in [1.165, 1.54) is 0 Å². The van der Waals surface area contributed by atoms with Crippen molar-refractivity contribution in [1.82, 2.24) is 0 Å². The third-order valence-corrected chi connectivity index (χ3v) is 9.44. The van der Waals surface area contributed by atoms with Gasteiger partial charge in [-0.15, -0.1) is 0 Å². The molecule has 0 saturated heterocycles. The minimum Gasteiger partial charge on any atom is -0.455 e. The zero-order valence-corrected chi connectivity index (χ0v) is 30.2. The van der Waals surface area contributed by atoms with E-state index >= 15 is 0 Å². The average molecular weight is 696 g/mol. The smallest absolute Gasteiger partial charge is 0.143 e. The molecule has 1 heterocycles. The molecule has 260 valence electrons. The molecule has 2 nitrogen and oxygen atoms in total. The minimum absolute atomic E-state index is 0.859. The molecule has 0 saturated carbocycles. The second-order valence-corrected chi connectivity index (χ2v) is 12.7. The monoisotopic (exact) mass is 695 g/mol. The van der Waals surface area contributed by atoms with E-state index in [0.717, 1.165) is 83.1 Å². The number of nitrogens with zero attached hydrogens (tertiary/aromatic N) is 1. The summed E-state index contributed by atoms with van der Waals surface area (Å²) in [7, 11) is 0. The molecule has 2 heteroatoms. The van der Waals surface area contributed by atoms with Crippen LogP contribution in [-0.4, -0.2) is 0 Å². The van der Waals surface area contributed by atoms with Crippen LogP contribution in [-0.2, 0) is 0 Å². The van der Waals surface area contributed by atoms with Crippen LogP contribution in [0.5, 0.6) is 0 Å². The van der Waals surface area contributed by atoms with Crippen molar-refractivity contribution in [3.8, 4) is 11.1 Å². The Balaban J connectivity index is 1.41. The molecule has 0 atom stereocenters. The number of anilines is 1. The van der Waals surface area contributed by atoms with E-state index in [2.05, 4.69) is 171 Å². The van der Waals surface area contributed by atoms with Crippen molar-refractivity contribution in [2.24, 2.45) is 0 Å². The Bertz CT molecular complexity index is 2670. The molecule has 0 N–H and O–H groups in total. The summed E-state index contributed by atoms with van der Waals surface area (Å²) in [5.74, 6) is 0. The van der Waals surface area contributed by atoms with Gasteiger partial charge in [-0.3, -0.25) is 0 Å². The van der Waals surface area contributed by atoms with Gasteiger partial charge in [0.25, 0.3) is 0 Å². The van der Waals surface area contributed by atoms with Crippen LogP contribution in [0.2, 0.25) is 0 Å². The second kappa shape index (κ2) is 16.5. The van der Waals surface area contributed by atoms with Gasteiger partial charge in [0.15, 0.2) is 0 Å². The summed E-state index contributed by atoms with van der Waals surface area (Å²) in [5, 5.41) is 4.45. The number of furan rings is 1. The van der Waals surface area contributed by atoms with Gasteiger partial charge in [-0.2, -0.15) is 0 Å². The summed E-state index contributed by atoms with van der Waals surface area (Å²) in [6.07, 6.45) is 21.8. The van der Waals surface area contributed by atoms with Gasteiger partial charge >= 0.3 is 0 Å². The van der Waals surface area contributed by atoms with E-state index in [9.17, 15) is 0 Å². The van der Waals surface area contributed by atoms with Gasteiger partial charge in [0.2, 0.25) is 0 Å². The molecule has 0 amide bonds. The van der Waals surface area contributed by atoms with Crippen LogP contribution in [0.4, 0.5) is 5.69 Å². The highest BCUT2D eigenvalue weighted by Gasteiger charge is 2.21. The maximum absolute atomic E-state index is 6.69. The van der Waals surface area contributed by atoms with Gasteiger partial charge in [-0.05, 0) is 81.1 Å². The molecule has 0 aliphatic heterocycles. The third-order valence-electron chi connectivity index (χ3n) is 9.44. The maximum atomic E-state index is 6.69. The lowest BCUT2D eigenvalue weighted by Gasteiger charge is -2.25. The van der Waals surface area contributed by atoms with E-state index in [0.29, 0.717) is 0 Å². The molecular weight excluding hydrogens is 655 g/mol. The molecule has 0 fully saturated rings. The molecule has 6 aromatic carbocycles. The fourth-order valence-electron chi connectivity index (χ4n) is 6.86. The Morgan fingerprint density at radius 1 is 0.556 bits per heavy atom. The highest BCUT2D eigenvalue weighted by atomic mass is 16.3. The Morgan fingerprint density at radius 3 is 2.00 bits per heavy atom. The van der Waals surface area contributed by atoms with Crippen molar-refractivity contribution in [1.29, 1.82) is 0 Å². The number of hydrogen-bond donors (Lipinski definition) is 0. The first kappa shape index (κ1) is 35.3. The molecule has 54 heavy (non-hydrogen) atoms. The predicted molar refractivity (Wildman–Crippen MR) is 235 cm³/mol. The van der Waals surface area contributed by atoms with Crippen LogP contribution in [0.15, 0.2) is 231 Å². The van der Waals surface area contributed by atoms with E-state index in [4.69, 9.17) is 4.42 Å². The Labute approximate surface area is 318 Å². The molecule has 7 aromatic rings. The van der Waals surface area contributed by atoms with Crippen LogP contribution in [0.25, 0.3) is 61.1 Å². The van der Waals surface area contributed by atoms with Gasteiger partial charge in [0.1, 0.15) is 11.2 Å². The second-order valence-electron chi connectivity index (χ2n) is 12.7. The van der Waals surface area contributed by atoms with Gasteiger partial charge in [0, 0.05) is 33.8 Å². The van der Waals surface area contributed by atoms with Gasteiger partial charge < -0.3 is 9.32 Å². The number of para-hydroxylation sites is 2. The van der Waals surface area contributed by atoms with Gasteiger partial charge in [0.05, 0.1) is 5.69 Å². The summed E-state index contributed by atoms with van der Waals surface area (Å²) in [6, 6.07) is 46.2. The highest BCUT2D eigenvalue weighted by molar-refractivity contribution is 6.19. The summed E-state index contributed by atoms with van der Waals surface area (Å²) in [4.78, 5) is 2.18.